The van der Waals surface area contributed by atoms with Gasteiger partial charge in [0.15, 0.2) is 6.10 Å². The van der Waals surface area contributed by atoms with Crippen LogP contribution in [0, 0.1) is 0 Å². The number of rotatable bonds is 6. The summed E-state index contributed by atoms with van der Waals surface area (Å²) in [6, 6.07) is 11.2. The summed E-state index contributed by atoms with van der Waals surface area (Å²) in [7, 11) is 0. The predicted octanol–water partition coefficient (Wildman–Crippen LogP) is 1.74. The first kappa shape index (κ1) is 21.3. The van der Waals surface area contributed by atoms with Crippen LogP contribution in [0.5, 0.6) is 0 Å². The molecule has 0 saturated heterocycles. The van der Waals surface area contributed by atoms with Gasteiger partial charge < -0.3 is 19.9 Å². The van der Waals surface area contributed by atoms with Crippen molar-refractivity contribution in [3.05, 3.63) is 41.7 Å². The first-order valence-corrected chi connectivity index (χ1v) is 9.87. The van der Waals surface area contributed by atoms with Crippen molar-refractivity contribution in [3.63, 3.8) is 0 Å². The smallest absolute Gasteiger partial charge is 0.303 e. The van der Waals surface area contributed by atoms with Crippen LogP contribution in [0.15, 0.2) is 36.4 Å². The van der Waals surface area contributed by atoms with Gasteiger partial charge in [-0.3, -0.25) is 19.5 Å². The van der Waals surface area contributed by atoms with Gasteiger partial charge in [0.25, 0.3) is 5.91 Å². The van der Waals surface area contributed by atoms with E-state index in [1.807, 2.05) is 24.3 Å². The molecule has 2 aromatic rings. The van der Waals surface area contributed by atoms with Gasteiger partial charge in [-0.2, -0.15) is 5.10 Å². The molecule has 0 fully saturated rings. The lowest BCUT2D eigenvalue weighted by molar-refractivity contribution is -0.171. The van der Waals surface area contributed by atoms with Crippen molar-refractivity contribution in [1.82, 2.24) is 10.2 Å². The molecule has 2 unspecified atom stereocenters. The lowest BCUT2D eigenvalue weighted by Gasteiger charge is -2.24. The van der Waals surface area contributed by atoms with Gasteiger partial charge in [-0.05, 0) is 22.9 Å². The number of benzene rings is 2. The number of amides is 1. The standard InChI is InChI=1S/C23H21N3O6/c1-11-15-5-4-6-17-16-8-7-14(9-18(16)21(20(15)17)26-25-11)24-23(30)22(32-13(3)29)19(10-27)31-12(2)28/h4-9,19,22,25,27H,1,10H2,2-3H3,(H,24,30). The number of hydrogen-bond donors (Lipinski definition) is 3. The number of ether oxygens (including phenoxy) is 2. The fourth-order valence-electron chi connectivity index (χ4n) is 3.87. The fourth-order valence-corrected chi connectivity index (χ4v) is 3.87. The molecule has 2 atom stereocenters. The summed E-state index contributed by atoms with van der Waals surface area (Å²) >= 11 is 0. The molecular formula is C23H21N3O6. The molecule has 1 heterocycles. The second-order valence-corrected chi connectivity index (χ2v) is 7.39. The van der Waals surface area contributed by atoms with E-state index in [1.54, 1.807) is 12.1 Å². The van der Waals surface area contributed by atoms with Gasteiger partial charge in [0.05, 0.1) is 17.6 Å². The topological polar surface area (TPSA) is 131 Å². The van der Waals surface area contributed by atoms with Gasteiger partial charge in [-0.25, -0.2) is 0 Å². The van der Waals surface area contributed by atoms with Crippen LogP contribution in [-0.4, -0.2) is 52.0 Å². The van der Waals surface area contributed by atoms with E-state index in [0.29, 0.717) is 11.0 Å². The summed E-state index contributed by atoms with van der Waals surface area (Å²) in [4.78, 5) is 35.7. The zero-order chi connectivity index (χ0) is 23.0. The van der Waals surface area contributed by atoms with Gasteiger partial charge >= 0.3 is 11.9 Å². The van der Waals surface area contributed by atoms with E-state index in [1.165, 1.54) is 0 Å². The molecule has 4 rings (SSSR count). The average Bonchev–Trinajstić information content (AvgIpc) is 3.07. The van der Waals surface area contributed by atoms with Crippen LogP contribution in [0.1, 0.15) is 13.8 Å². The van der Waals surface area contributed by atoms with E-state index < -0.39 is 36.7 Å². The Morgan fingerprint density at radius 1 is 1.06 bits per heavy atom. The van der Waals surface area contributed by atoms with Crippen molar-refractivity contribution >= 4 is 51.7 Å². The lowest BCUT2D eigenvalue weighted by Crippen LogP contribution is -2.45. The molecule has 3 N–H and O–H groups in total. The molecule has 1 aliphatic heterocycles. The van der Waals surface area contributed by atoms with E-state index in [-0.39, 0.29) is 0 Å². The Morgan fingerprint density at radius 2 is 1.78 bits per heavy atom. The molecule has 32 heavy (non-hydrogen) atoms. The fraction of sp³-hybridized carbons (Fsp3) is 0.217. The zero-order valence-electron chi connectivity index (χ0n) is 17.5. The van der Waals surface area contributed by atoms with E-state index >= 15 is 0 Å². The van der Waals surface area contributed by atoms with Crippen molar-refractivity contribution in [1.29, 1.82) is 0 Å². The third-order valence-corrected chi connectivity index (χ3v) is 5.15. The highest BCUT2D eigenvalue weighted by atomic mass is 16.6. The first-order valence-electron chi connectivity index (χ1n) is 9.87. The summed E-state index contributed by atoms with van der Waals surface area (Å²) in [6.07, 6.45) is -2.86. The monoisotopic (exact) mass is 435 g/mol. The Bertz CT molecular complexity index is 1360. The van der Waals surface area contributed by atoms with Crippen LogP contribution >= 0.6 is 0 Å². The number of aliphatic hydroxyl groups excluding tert-OH is 1. The summed E-state index contributed by atoms with van der Waals surface area (Å²) in [5.74, 6) is -2.21. The maximum Gasteiger partial charge on any atom is 0.303 e. The summed E-state index contributed by atoms with van der Waals surface area (Å²) in [6.45, 7) is 5.55. The molecule has 0 saturated carbocycles. The highest BCUT2D eigenvalue weighted by Crippen LogP contribution is 2.41. The molecule has 9 heteroatoms. The van der Waals surface area contributed by atoms with Gasteiger partial charge in [0.1, 0.15) is 0 Å². The van der Waals surface area contributed by atoms with Crippen molar-refractivity contribution in [2.24, 2.45) is 0 Å². The van der Waals surface area contributed by atoms with Gasteiger partial charge in [-0.15, -0.1) is 0 Å². The number of aromatic amines is 1. The minimum Gasteiger partial charge on any atom is -0.456 e. The molecule has 0 aromatic heterocycles. The Labute approximate surface area is 182 Å². The summed E-state index contributed by atoms with van der Waals surface area (Å²) in [5.41, 5.74) is 2.13. The molecule has 164 valence electrons. The van der Waals surface area contributed by atoms with Gasteiger partial charge in [0, 0.05) is 35.9 Å². The first-order chi connectivity index (χ1) is 15.3. The number of nitrogens with one attached hydrogen (secondary N) is 2. The second kappa shape index (κ2) is 8.27. The molecule has 1 aliphatic carbocycles. The van der Waals surface area contributed by atoms with Crippen molar-refractivity contribution in [2.45, 2.75) is 26.1 Å². The van der Waals surface area contributed by atoms with Crippen molar-refractivity contribution in [3.8, 4) is 11.3 Å². The molecule has 1 amide bonds. The number of nitrogens with zero attached hydrogens (tertiary/aromatic N) is 1. The highest BCUT2D eigenvalue weighted by Gasteiger charge is 2.33. The van der Waals surface area contributed by atoms with Gasteiger partial charge in [-0.1, -0.05) is 30.8 Å². The molecular weight excluding hydrogens is 414 g/mol. The number of anilines is 1. The highest BCUT2D eigenvalue weighted by molar-refractivity contribution is 6.20. The molecule has 0 radical (unpaired) electrons. The Hall–Kier alpha value is -3.98. The number of H-pyrrole nitrogens is 1. The van der Waals surface area contributed by atoms with Crippen LogP contribution in [0.2, 0.25) is 0 Å². The zero-order valence-corrected chi connectivity index (χ0v) is 17.5. The largest absolute Gasteiger partial charge is 0.456 e. The quantitative estimate of drug-likeness (QED) is 0.393. The third kappa shape index (κ3) is 3.74. The van der Waals surface area contributed by atoms with Gasteiger partial charge in [0.2, 0.25) is 6.10 Å². The Kier molecular flexibility index (Phi) is 5.50. The molecule has 0 spiro atoms. The second-order valence-electron chi connectivity index (χ2n) is 7.39. The van der Waals surface area contributed by atoms with Crippen molar-refractivity contribution < 1.29 is 29.0 Å². The van der Waals surface area contributed by atoms with E-state index in [4.69, 9.17) is 9.47 Å². The summed E-state index contributed by atoms with van der Waals surface area (Å²) in [5, 5.41) is 24.0. The van der Waals surface area contributed by atoms with Crippen LogP contribution in [-0.2, 0) is 23.9 Å². The van der Waals surface area contributed by atoms with Crippen molar-refractivity contribution in [2.75, 3.05) is 11.9 Å². The third-order valence-electron chi connectivity index (χ3n) is 5.15. The Balaban J connectivity index is 1.71. The summed E-state index contributed by atoms with van der Waals surface area (Å²) < 4.78 is 9.97. The number of hydrogen-bond acceptors (Lipinski definition) is 7. The van der Waals surface area contributed by atoms with Crippen LogP contribution < -0.4 is 10.7 Å². The number of carbonyl (C=O) groups excluding carboxylic acids is 3. The van der Waals surface area contributed by atoms with Crippen LogP contribution in [0.4, 0.5) is 5.69 Å². The van der Waals surface area contributed by atoms with E-state index in [9.17, 15) is 19.5 Å². The Morgan fingerprint density at radius 3 is 2.47 bits per heavy atom. The SMILES string of the molecule is C=c1[nH]nc2c3cc(NC(=O)C(OC(C)=O)C(CO)OC(C)=O)ccc3c3cccc1c3-2. The van der Waals surface area contributed by atoms with E-state index in [0.717, 1.165) is 46.6 Å². The number of carbonyl (C=O) groups is 3. The number of fused-ring (bicyclic) bond motifs is 3. The minimum atomic E-state index is -1.52. The average molecular weight is 435 g/mol. The predicted molar refractivity (Wildman–Crippen MR) is 118 cm³/mol. The number of aromatic nitrogens is 2. The number of esters is 2. The van der Waals surface area contributed by atoms with E-state index in [2.05, 4.69) is 22.1 Å². The minimum absolute atomic E-state index is 0.423. The normalized spacial score (nSPS) is 13.2. The lowest BCUT2D eigenvalue weighted by atomic mass is 10.1. The molecule has 9 nitrogen and oxygen atoms in total. The maximum absolute atomic E-state index is 12.9. The van der Waals surface area contributed by atoms with Crippen LogP contribution in [0.3, 0.4) is 0 Å². The molecule has 2 aliphatic rings. The van der Waals surface area contributed by atoms with Crippen LogP contribution in [0.25, 0.3) is 39.4 Å². The molecule has 2 aromatic carbocycles. The maximum atomic E-state index is 12.9. The molecule has 0 bridgehead atoms. The number of aliphatic hydroxyl groups is 1.